The second-order valence-corrected chi connectivity index (χ2v) is 6.09. The molecule has 2 unspecified atom stereocenters. The highest BCUT2D eigenvalue weighted by Crippen LogP contribution is 2.29. The molecular weight excluding hydrogens is 266 g/mol. The van der Waals surface area contributed by atoms with Crippen LogP contribution in [-0.4, -0.2) is 27.8 Å². The molecule has 19 heavy (non-hydrogen) atoms. The van der Waals surface area contributed by atoms with Crippen LogP contribution in [0.4, 0.5) is 0 Å². The molecule has 1 saturated heterocycles. The Morgan fingerprint density at radius 2 is 1.84 bits per heavy atom. The average Bonchev–Trinajstić information content (AvgIpc) is 2.80. The molecule has 1 aromatic heterocycles. The topological polar surface area (TPSA) is 74.7 Å². The maximum absolute atomic E-state index is 12.0. The molecule has 1 aromatic rings. The smallest absolute Gasteiger partial charge is 0.345 e. The van der Waals surface area contributed by atoms with E-state index in [1.165, 1.54) is 11.0 Å². The predicted molar refractivity (Wildman–Crippen MR) is 69.9 cm³/mol. The Hall–Kier alpha value is -1.69. The summed E-state index contributed by atoms with van der Waals surface area (Å²) in [5.74, 6) is -1.95. The number of aryl methyl sites for hydroxylation is 1. The van der Waals surface area contributed by atoms with Gasteiger partial charge in [-0.3, -0.25) is 14.5 Å². The highest BCUT2D eigenvalue weighted by atomic mass is 32.1. The number of hydrogen-bond acceptors (Lipinski definition) is 4. The van der Waals surface area contributed by atoms with E-state index in [1.807, 2.05) is 0 Å². The van der Waals surface area contributed by atoms with E-state index >= 15 is 0 Å². The van der Waals surface area contributed by atoms with Crippen molar-refractivity contribution in [2.75, 3.05) is 0 Å². The lowest BCUT2D eigenvalue weighted by atomic mass is 10.00. The van der Waals surface area contributed by atoms with Gasteiger partial charge in [-0.2, -0.15) is 0 Å². The third-order valence-electron chi connectivity index (χ3n) is 3.62. The number of carbonyl (C=O) groups excluding carboxylic acids is 2. The van der Waals surface area contributed by atoms with Gasteiger partial charge in [0.1, 0.15) is 4.88 Å². The molecule has 2 rings (SSSR count). The van der Waals surface area contributed by atoms with Gasteiger partial charge < -0.3 is 5.11 Å². The number of carboxylic acids is 1. The second kappa shape index (κ2) is 4.77. The number of nitrogens with zero attached hydrogens (tertiary/aromatic N) is 1. The maximum Gasteiger partial charge on any atom is 0.345 e. The van der Waals surface area contributed by atoms with E-state index in [9.17, 15) is 14.4 Å². The Morgan fingerprint density at radius 3 is 2.26 bits per heavy atom. The molecule has 0 bridgehead atoms. The lowest BCUT2D eigenvalue weighted by Gasteiger charge is -2.14. The van der Waals surface area contributed by atoms with Crippen LogP contribution in [0.5, 0.6) is 0 Å². The summed E-state index contributed by atoms with van der Waals surface area (Å²) in [6, 6.07) is 1.54. The average molecular weight is 281 g/mol. The molecule has 2 heterocycles. The van der Waals surface area contributed by atoms with Gasteiger partial charge in [0.2, 0.25) is 11.8 Å². The van der Waals surface area contributed by atoms with Gasteiger partial charge in [0.15, 0.2) is 0 Å². The van der Waals surface area contributed by atoms with E-state index in [2.05, 4.69) is 0 Å². The largest absolute Gasteiger partial charge is 0.477 e. The van der Waals surface area contributed by atoms with Gasteiger partial charge in [0.25, 0.3) is 0 Å². The third-order valence-corrected chi connectivity index (χ3v) is 4.70. The Kier molecular flexibility index (Phi) is 3.45. The molecule has 0 radical (unpaired) electrons. The van der Waals surface area contributed by atoms with Crippen LogP contribution < -0.4 is 0 Å². The Labute approximate surface area is 114 Å². The van der Waals surface area contributed by atoms with E-state index < -0.39 is 5.97 Å². The number of amides is 2. The zero-order chi connectivity index (χ0) is 14.3. The summed E-state index contributed by atoms with van der Waals surface area (Å²) in [7, 11) is 0. The summed E-state index contributed by atoms with van der Waals surface area (Å²) in [4.78, 5) is 37.1. The minimum absolute atomic E-state index is 0.169. The van der Waals surface area contributed by atoms with Crippen molar-refractivity contribution >= 4 is 29.1 Å². The number of thiophene rings is 1. The van der Waals surface area contributed by atoms with E-state index in [1.54, 1.807) is 20.8 Å². The zero-order valence-corrected chi connectivity index (χ0v) is 11.8. The first kappa shape index (κ1) is 13.7. The minimum atomic E-state index is -0.986. The lowest BCUT2D eigenvalue weighted by Crippen LogP contribution is -2.30. The van der Waals surface area contributed by atoms with E-state index in [0.29, 0.717) is 0 Å². The van der Waals surface area contributed by atoms with Gasteiger partial charge in [-0.25, -0.2) is 4.79 Å². The number of hydrogen-bond donors (Lipinski definition) is 1. The first-order valence-electron chi connectivity index (χ1n) is 6.00. The molecule has 6 heteroatoms. The molecule has 0 aliphatic carbocycles. The fraction of sp³-hybridized carbons (Fsp3) is 0.462. The predicted octanol–water partition coefficient (Wildman–Crippen LogP) is 1.90. The molecule has 2 atom stereocenters. The Bertz CT molecular complexity index is 543. The molecule has 0 saturated carbocycles. The number of aromatic carboxylic acids is 1. The highest BCUT2D eigenvalue weighted by molar-refractivity contribution is 7.14. The monoisotopic (exact) mass is 281 g/mol. The quantitative estimate of drug-likeness (QED) is 0.859. The molecule has 1 aliphatic heterocycles. The van der Waals surface area contributed by atoms with Gasteiger partial charge in [0.05, 0.1) is 6.54 Å². The number of imide groups is 1. The molecule has 2 amide bonds. The maximum atomic E-state index is 12.0. The summed E-state index contributed by atoms with van der Waals surface area (Å²) in [6.45, 7) is 5.45. The van der Waals surface area contributed by atoms with Crippen molar-refractivity contribution < 1.29 is 19.5 Å². The summed E-state index contributed by atoms with van der Waals surface area (Å²) in [5, 5.41) is 8.93. The molecule has 1 N–H and O–H groups in total. The first-order chi connectivity index (χ1) is 8.82. The van der Waals surface area contributed by atoms with Crippen LogP contribution in [0.3, 0.4) is 0 Å². The van der Waals surface area contributed by atoms with Crippen LogP contribution >= 0.6 is 11.3 Å². The van der Waals surface area contributed by atoms with Crippen LogP contribution in [0.15, 0.2) is 6.07 Å². The zero-order valence-electron chi connectivity index (χ0n) is 11.0. The number of rotatable bonds is 3. The van der Waals surface area contributed by atoms with Crippen molar-refractivity contribution in [1.29, 1.82) is 0 Å². The van der Waals surface area contributed by atoms with Crippen molar-refractivity contribution in [3.05, 3.63) is 21.4 Å². The SMILES string of the molecule is Cc1sc(C(=O)O)cc1CN1C(=O)C(C)C(C)C1=O. The normalized spacial score (nSPS) is 23.2. The molecule has 0 spiro atoms. The molecule has 1 aliphatic rings. The molecule has 1 fully saturated rings. The van der Waals surface area contributed by atoms with Crippen molar-refractivity contribution in [1.82, 2.24) is 4.90 Å². The van der Waals surface area contributed by atoms with Gasteiger partial charge in [0, 0.05) is 16.7 Å². The highest BCUT2D eigenvalue weighted by Gasteiger charge is 2.42. The first-order valence-corrected chi connectivity index (χ1v) is 6.82. The van der Waals surface area contributed by atoms with E-state index in [-0.39, 0.29) is 35.1 Å². The van der Waals surface area contributed by atoms with Crippen molar-refractivity contribution in [3.63, 3.8) is 0 Å². The minimum Gasteiger partial charge on any atom is -0.477 e. The van der Waals surface area contributed by atoms with Crippen LogP contribution in [0.1, 0.15) is 34.0 Å². The van der Waals surface area contributed by atoms with E-state index in [0.717, 1.165) is 21.8 Å². The van der Waals surface area contributed by atoms with Crippen LogP contribution in [0, 0.1) is 18.8 Å². The van der Waals surface area contributed by atoms with Crippen molar-refractivity contribution in [3.8, 4) is 0 Å². The van der Waals surface area contributed by atoms with Gasteiger partial charge in [-0.05, 0) is 18.6 Å². The van der Waals surface area contributed by atoms with Gasteiger partial charge in [-0.15, -0.1) is 11.3 Å². The van der Waals surface area contributed by atoms with Crippen LogP contribution in [0.25, 0.3) is 0 Å². The summed E-state index contributed by atoms with van der Waals surface area (Å²) >= 11 is 1.16. The lowest BCUT2D eigenvalue weighted by molar-refractivity contribution is -0.140. The molecule has 5 nitrogen and oxygen atoms in total. The summed E-state index contributed by atoms with van der Waals surface area (Å²) < 4.78 is 0. The molecular formula is C13H15NO4S. The fourth-order valence-electron chi connectivity index (χ4n) is 2.14. The number of carbonyl (C=O) groups is 3. The van der Waals surface area contributed by atoms with E-state index in [4.69, 9.17) is 5.11 Å². The summed E-state index contributed by atoms with van der Waals surface area (Å²) in [6.07, 6.45) is 0. The third kappa shape index (κ3) is 2.28. The van der Waals surface area contributed by atoms with Gasteiger partial charge in [-0.1, -0.05) is 13.8 Å². The number of carboxylic acid groups (broad SMARTS) is 1. The second-order valence-electron chi connectivity index (χ2n) is 4.84. The summed E-state index contributed by atoms with van der Waals surface area (Å²) in [5.41, 5.74) is 0.727. The standard InChI is InChI=1S/C13H15NO4S/c1-6-7(2)12(16)14(11(6)15)5-9-4-10(13(17)18)19-8(9)3/h4,6-7H,5H2,1-3H3,(H,17,18). The van der Waals surface area contributed by atoms with Crippen LogP contribution in [0.2, 0.25) is 0 Å². The Balaban J connectivity index is 2.24. The van der Waals surface area contributed by atoms with Crippen LogP contribution in [-0.2, 0) is 16.1 Å². The van der Waals surface area contributed by atoms with Gasteiger partial charge >= 0.3 is 5.97 Å². The fourth-order valence-corrected chi connectivity index (χ4v) is 3.01. The van der Waals surface area contributed by atoms with Crippen molar-refractivity contribution in [2.45, 2.75) is 27.3 Å². The molecule has 0 aromatic carbocycles. The molecule has 102 valence electrons. The Morgan fingerprint density at radius 1 is 1.32 bits per heavy atom. The number of likely N-dealkylation sites (tertiary alicyclic amines) is 1. The van der Waals surface area contributed by atoms with Crippen molar-refractivity contribution in [2.24, 2.45) is 11.8 Å².